The van der Waals surface area contributed by atoms with E-state index in [9.17, 15) is 0 Å². The molecule has 0 aliphatic carbocycles. The highest BCUT2D eigenvalue weighted by molar-refractivity contribution is 5.62. The zero-order valence-corrected chi connectivity index (χ0v) is 4.88. The van der Waals surface area contributed by atoms with Crippen LogP contribution in [0, 0.1) is 16.9 Å². The second-order valence-electron chi connectivity index (χ2n) is 0.989. The summed E-state index contributed by atoms with van der Waals surface area (Å²) in [6.07, 6.45) is 1.000. The first-order valence-electron chi connectivity index (χ1n) is 2.07. The van der Waals surface area contributed by atoms with Gasteiger partial charge in [-0.15, -0.1) is 0 Å². The van der Waals surface area contributed by atoms with Crippen LogP contribution in [0.2, 0.25) is 0 Å². The van der Waals surface area contributed by atoms with Gasteiger partial charge in [0.25, 0.3) is 6.26 Å². The number of methoxy groups -OCH3 is 1. The van der Waals surface area contributed by atoms with Crippen LogP contribution in [-0.4, -0.2) is 20.0 Å². The fraction of sp³-hybridized carbons (Fsp3) is 0.500. The summed E-state index contributed by atoms with van der Waals surface area (Å²) in [5.41, 5.74) is 0. The van der Waals surface area contributed by atoms with Gasteiger partial charge in [0.2, 0.25) is 6.79 Å². The van der Waals surface area contributed by atoms with Gasteiger partial charge in [-0.05, 0) is 0 Å². The molecule has 0 bridgehead atoms. The standard InChI is InChI=1S/C4H6N2O3/c1-7-4(6)9-3-8-2-5/h6H,3H2,1H3. The number of nitriles is 1. The Morgan fingerprint density at radius 1 is 1.78 bits per heavy atom. The molecule has 0 aliphatic heterocycles. The minimum atomic E-state index is -0.370. The smallest absolute Gasteiger partial charge is 0.383 e. The van der Waals surface area contributed by atoms with Crippen molar-refractivity contribution in [3.05, 3.63) is 0 Å². The van der Waals surface area contributed by atoms with E-state index in [1.54, 1.807) is 0 Å². The molecule has 5 heteroatoms. The summed E-state index contributed by atoms with van der Waals surface area (Å²) in [4.78, 5) is 0. The Morgan fingerprint density at radius 2 is 2.44 bits per heavy atom. The van der Waals surface area contributed by atoms with Gasteiger partial charge in [-0.3, -0.25) is 0 Å². The highest BCUT2D eigenvalue weighted by Gasteiger charge is 1.91. The molecule has 0 unspecified atom stereocenters. The van der Waals surface area contributed by atoms with Crippen LogP contribution in [-0.2, 0) is 14.2 Å². The molecule has 9 heavy (non-hydrogen) atoms. The molecule has 5 nitrogen and oxygen atoms in total. The fourth-order valence-corrected chi connectivity index (χ4v) is 0.168. The van der Waals surface area contributed by atoms with E-state index in [0.29, 0.717) is 0 Å². The van der Waals surface area contributed by atoms with Crippen molar-refractivity contribution in [3.8, 4) is 6.26 Å². The summed E-state index contributed by atoms with van der Waals surface area (Å²) < 4.78 is 12.7. The molecule has 50 valence electrons. The third kappa shape index (κ3) is 4.41. The van der Waals surface area contributed by atoms with E-state index in [0.717, 1.165) is 0 Å². The van der Waals surface area contributed by atoms with Crippen molar-refractivity contribution in [2.45, 2.75) is 0 Å². The average Bonchev–Trinajstić information content (AvgIpc) is 1.89. The van der Waals surface area contributed by atoms with Crippen LogP contribution in [0.15, 0.2) is 0 Å². The Morgan fingerprint density at radius 3 is 2.89 bits per heavy atom. The lowest BCUT2D eigenvalue weighted by Gasteiger charge is -2.00. The molecule has 0 fully saturated rings. The highest BCUT2D eigenvalue weighted by Crippen LogP contribution is 1.78. The first-order chi connectivity index (χ1) is 4.31. The van der Waals surface area contributed by atoms with Crippen molar-refractivity contribution in [2.24, 2.45) is 0 Å². The molecule has 0 atom stereocenters. The lowest BCUT2D eigenvalue weighted by Crippen LogP contribution is -2.06. The number of rotatable bonds is 2. The predicted molar refractivity (Wildman–Crippen MR) is 27.4 cm³/mol. The van der Waals surface area contributed by atoms with Gasteiger partial charge >= 0.3 is 6.08 Å². The molecular weight excluding hydrogens is 124 g/mol. The maximum Gasteiger partial charge on any atom is 0.383 e. The van der Waals surface area contributed by atoms with Gasteiger partial charge in [-0.25, -0.2) is 5.41 Å². The van der Waals surface area contributed by atoms with Crippen LogP contribution in [0.4, 0.5) is 0 Å². The molecule has 0 aromatic rings. The summed E-state index contributed by atoms with van der Waals surface area (Å²) in [6.45, 7) is -0.275. The second-order valence-corrected chi connectivity index (χ2v) is 0.989. The zero-order chi connectivity index (χ0) is 7.11. The summed E-state index contributed by atoms with van der Waals surface area (Å²) >= 11 is 0. The normalized spacial score (nSPS) is 7.11. The largest absolute Gasteiger partial charge is 0.454 e. The van der Waals surface area contributed by atoms with Crippen molar-refractivity contribution >= 4 is 6.08 Å². The molecule has 0 heterocycles. The number of ether oxygens (including phenoxy) is 3. The van der Waals surface area contributed by atoms with Gasteiger partial charge in [0.05, 0.1) is 7.11 Å². The van der Waals surface area contributed by atoms with Crippen molar-refractivity contribution in [1.29, 1.82) is 10.7 Å². The van der Waals surface area contributed by atoms with E-state index in [2.05, 4.69) is 14.2 Å². The Labute approximate surface area is 52.3 Å². The molecule has 0 aliphatic rings. The third-order valence-corrected chi connectivity index (χ3v) is 0.499. The van der Waals surface area contributed by atoms with E-state index in [-0.39, 0.29) is 12.9 Å². The average molecular weight is 130 g/mol. The van der Waals surface area contributed by atoms with Crippen LogP contribution in [0.25, 0.3) is 0 Å². The fourth-order valence-electron chi connectivity index (χ4n) is 0.168. The summed E-state index contributed by atoms with van der Waals surface area (Å²) in [5, 5.41) is 14.5. The number of hydrogen-bond acceptors (Lipinski definition) is 5. The molecule has 0 amide bonds. The maximum atomic E-state index is 7.79. The van der Waals surface area contributed by atoms with Crippen molar-refractivity contribution in [1.82, 2.24) is 0 Å². The number of nitrogens with one attached hydrogen (secondary N) is 1. The van der Waals surface area contributed by atoms with Crippen LogP contribution in [0.1, 0.15) is 0 Å². The highest BCUT2D eigenvalue weighted by atomic mass is 16.7. The predicted octanol–water partition coefficient (Wildman–Crippen LogP) is 0.0393. The molecule has 0 spiro atoms. The second kappa shape index (κ2) is 4.71. The van der Waals surface area contributed by atoms with Gasteiger partial charge in [0, 0.05) is 0 Å². The maximum absolute atomic E-state index is 7.79. The Kier molecular flexibility index (Phi) is 3.96. The van der Waals surface area contributed by atoms with Gasteiger partial charge in [0.15, 0.2) is 0 Å². The quantitative estimate of drug-likeness (QED) is 0.188. The summed E-state index contributed by atoms with van der Waals surface area (Å²) in [5.74, 6) is 0. The topological polar surface area (TPSA) is 75.3 Å². The Hall–Kier alpha value is -1.44. The Bertz CT molecular complexity index is 128. The van der Waals surface area contributed by atoms with Crippen LogP contribution in [0.3, 0.4) is 0 Å². The van der Waals surface area contributed by atoms with Gasteiger partial charge in [-0.1, -0.05) is 0 Å². The lowest BCUT2D eigenvalue weighted by atomic mass is 11.2. The van der Waals surface area contributed by atoms with E-state index >= 15 is 0 Å². The van der Waals surface area contributed by atoms with Gasteiger partial charge in [0.1, 0.15) is 0 Å². The van der Waals surface area contributed by atoms with E-state index in [1.165, 1.54) is 13.4 Å². The minimum Gasteiger partial charge on any atom is -0.454 e. The van der Waals surface area contributed by atoms with E-state index in [1.807, 2.05) is 0 Å². The molecule has 0 saturated carbocycles. The number of nitrogens with zero attached hydrogens (tertiary/aromatic N) is 1. The van der Waals surface area contributed by atoms with E-state index in [4.69, 9.17) is 10.7 Å². The molecule has 0 rings (SSSR count). The molecule has 0 aromatic carbocycles. The minimum absolute atomic E-state index is 0.275. The lowest BCUT2D eigenvalue weighted by molar-refractivity contribution is 0.0503. The summed E-state index contributed by atoms with van der Waals surface area (Å²) in [6, 6.07) is 0. The van der Waals surface area contributed by atoms with Gasteiger partial charge in [-0.2, -0.15) is 5.26 Å². The van der Waals surface area contributed by atoms with Crippen molar-refractivity contribution in [3.63, 3.8) is 0 Å². The van der Waals surface area contributed by atoms with Crippen LogP contribution >= 0.6 is 0 Å². The van der Waals surface area contributed by atoms with Crippen LogP contribution in [0.5, 0.6) is 0 Å². The SMILES string of the molecule is COC(=N)OCOC#N. The molecular formula is C4H6N2O3. The molecule has 0 radical (unpaired) electrons. The van der Waals surface area contributed by atoms with E-state index < -0.39 is 0 Å². The third-order valence-electron chi connectivity index (χ3n) is 0.499. The Balaban J connectivity index is 3.09. The van der Waals surface area contributed by atoms with Gasteiger partial charge < -0.3 is 14.2 Å². The first-order valence-corrected chi connectivity index (χ1v) is 2.07. The van der Waals surface area contributed by atoms with Crippen LogP contribution < -0.4 is 0 Å². The number of hydrogen-bond donors (Lipinski definition) is 1. The molecule has 1 N–H and O–H groups in total. The first kappa shape index (κ1) is 7.56. The molecule has 0 saturated heterocycles. The van der Waals surface area contributed by atoms with Crippen molar-refractivity contribution in [2.75, 3.05) is 13.9 Å². The monoisotopic (exact) mass is 130 g/mol. The zero-order valence-electron chi connectivity index (χ0n) is 4.88. The summed E-state index contributed by atoms with van der Waals surface area (Å²) in [7, 11) is 1.29. The molecule has 0 aromatic heterocycles. The van der Waals surface area contributed by atoms with Crippen molar-refractivity contribution < 1.29 is 14.2 Å².